The van der Waals surface area contributed by atoms with Gasteiger partial charge >= 0.3 is 0 Å². The van der Waals surface area contributed by atoms with E-state index in [0.717, 1.165) is 54.9 Å². The summed E-state index contributed by atoms with van der Waals surface area (Å²) in [5.74, 6) is 1.23. The van der Waals surface area contributed by atoms with Gasteiger partial charge in [-0.05, 0) is 57.0 Å². The van der Waals surface area contributed by atoms with E-state index in [9.17, 15) is 13.6 Å². The van der Waals surface area contributed by atoms with E-state index in [1.807, 2.05) is 24.3 Å². The van der Waals surface area contributed by atoms with Crippen molar-refractivity contribution < 1.29 is 18.3 Å². The van der Waals surface area contributed by atoms with Crippen LogP contribution in [0.25, 0.3) is 10.9 Å². The van der Waals surface area contributed by atoms with Gasteiger partial charge in [0, 0.05) is 37.2 Å². The maximum Gasteiger partial charge on any atom is 0.272 e. The Bertz CT molecular complexity index is 1030. The first-order valence-electron chi connectivity index (χ1n) is 13.7. The lowest BCUT2D eigenvalue weighted by atomic mass is 9.87. The van der Waals surface area contributed by atoms with E-state index in [-0.39, 0.29) is 0 Å². The number of nitrogens with zero attached hydrogens (tertiary/aromatic N) is 3. The van der Waals surface area contributed by atoms with Gasteiger partial charge in [-0.3, -0.25) is 14.7 Å². The van der Waals surface area contributed by atoms with Crippen LogP contribution in [0, 0.1) is 5.92 Å². The van der Waals surface area contributed by atoms with Gasteiger partial charge in [-0.15, -0.1) is 13.2 Å². The second kappa shape index (κ2) is 20.0. The second-order valence-electron chi connectivity index (χ2n) is 9.41. The number of benzene rings is 1. The lowest BCUT2D eigenvalue weighted by Crippen LogP contribution is -2.33. The number of hydrogen-bond donors (Lipinski definition) is 1. The molecule has 0 spiro atoms. The molecule has 2 aliphatic rings. The van der Waals surface area contributed by atoms with Crippen LogP contribution in [0.5, 0.6) is 0 Å². The number of aromatic nitrogens is 1. The molecule has 2 heterocycles. The molecule has 1 aliphatic carbocycles. The summed E-state index contributed by atoms with van der Waals surface area (Å²) in [6.07, 6.45) is 9.35. The van der Waals surface area contributed by atoms with Crippen LogP contribution in [0.1, 0.15) is 69.2 Å². The zero-order valence-electron chi connectivity index (χ0n) is 23.9. The summed E-state index contributed by atoms with van der Waals surface area (Å²) < 4.78 is 29.4. The van der Waals surface area contributed by atoms with E-state index in [0.29, 0.717) is 11.5 Å². The van der Waals surface area contributed by atoms with Gasteiger partial charge in [0.15, 0.2) is 18.8 Å². The Labute approximate surface area is 233 Å². The molecule has 8 heteroatoms. The normalized spacial score (nSPS) is 16.3. The van der Waals surface area contributed by atoms with Crippen molar-refractivity contribution in [3.8, 4) is 0 Å². The number of fused-ring (bicyclic) bond motifs is 1. The van der Waals surface area contributed by atoms with Crippen LogP contribution in [0.4, 0.5) is 8.78 Å². The third-order valence-corrected chi connectivity index (χ3v) is 6.76. The molecule has 0 amide bonds. The van der Waals surface area contributed by atoms with Crippen molar-refractivity contribution >= 4 is 23.1 Å². The highest BCUT2D eigenvalue weighted by Gasteiger charge is 2.19. The third-order valence-electron chi connectivity index (χ3n) is 6.76. The highest BCUT2D eigenvalue weighted by molar-refractivity contribution is 5.96. The molecule has 0 saturated heterocycles. The monoisotopic (exact) mass is 544 g/mol. The van der Waals surface area contributed by atoms with Crippen molar-refractivity contribution in [2.45, 2.75) is 65.2 Å². The quantitative estimate of drug-likeness (QED) is 0.175. The van der Waals surface area contributed by atoms with Crippen molar-refractivity contribution in [2.24, 2.45) is 16.6 Å². The number of nitrogens with two attached hydrogens (primary N) is 1. The summed E-state index contributed by atoms with van der Waals surface area (Å²) in [5.41, 5.74) is 8.30. The third kappa shape index (κ3) is 12.6. The number of alkyl halides is 2. The summed E-state index contributed by atoms with van der Waals surface area (Å²) >= 11 is 0. The molecule has 4 rings (SSSR count). The average Bonchev–Trinajstić information content (AvgIpc) is 2.99. The van der Waals surface area contributed by atoms with Crippen molar-refractivity contribution in [3.63, 3.8) is 0 Å². The van der Waals surface area contributed by atoms with E-state index >= 15 is 0 Å². The number of carbonyl (C=O) groups excluding carboxylic acids is 1. The molecule has 1 fully saturated rings. The molecule has 1 aliphatic heterocycles. The van der Waals surface area contributed by atoms with E-state index in [4.69, 9.17) is 4.74 Å². The minimum Gasteiger partial charge on any atom is -0.475 e. The molecular formula is C31H46F2N4O2. The SMILES string of the molecule is C=C.CC(=NC1=C(C)CCN(CCC2CCCCC2)C1)OCC(F)F.CN.O=Cc1cccc2ncccc12. The number of aldehydes is 1. The molecule has 1 saturated carbocycles. The zero-order chi connectivity index (χ0) is 29.0. The Hall–Kier alpha value is -2.97. The fourth-order valence-corrected chi connectivity index (χ4v) is 4.69. The smallest absolute Gasteiger partial charge is 0.272 e. The number of aliphatic imine (C=N–C) groups is 1. The molecular weight excluding hydrogens is 498 g/mol. The van der Waals surface area contributed by atoms with Gasteiger partial charge in [0.2, 0.25) is 0 Å². The van der Waals surface area contributed by atoms with Crippen molar-refractivity contribution in [1.29, 1.82) is 0 Å². The molecule has 2 aromatic rings. The highest BCUT2D eigenvalue weighted by atomic mass is 19.3. The summed E-state index contributed by atoms with van der Waals surface area (Å²) in [4.78, 5) is 21.6. The molecule has 2 N–H and O–H groups in total. The van der Waals surface area contributed by atoms with E-state index in [2.05, 4.69) is 40.7 Å². The molecule has 1 aromatic heterocycles. The van der Waals surface area contributed by atoms with Crippen LogP contribution in [-0.4, -0.2) is 61.8 Å². The van der Waals surface area contributed by atoms with Crippen LogP contribution in [0.15, 0.2) is 65.9 Å². The van der Waals surface area contributed by atoms with E-state index in [1.165, 1.54) is 51.1 Å². The number of carbonyl (C=O) groups is 1. The first-order valence-corrected chi connectivity index (χ1v) is 13.7. The fraction of sp³-hybridized carbons (Fsp3) is 0.516. The Morgan fingerprint density at radius 3 is 2.59 bits per heavy atom. The number of ether oxygens (including phenoxy) is 1. The van der Waals surface area contributed by atoms with E-state index in [1.54, 1.807) is 19.2 Å². The molecule has 6 nitrogen and oxygen atoms in total. The van der Waals surface area contributed by atoms with Gasteiger partial charge in [-0.25, -0.2) is 13.8 Å². The van der Waals surface area contributed by atoms with Crippen LogP contribution >= 0.6 is 0 Å². The maximum atomic E-state index is 12.2. The number of hydrogen-bond acceptors (Lipinski definition) is 6. The molecule has 1 aromatic carbocycles. The van der Waals surface area contributed by atoms with Crippen molar-refractivity contribution in [2.75, 3.05) is 33.3 Å². The topological polar surface area (TPSA) is 80.8 Å². The number of pyridine rings is 1. The Morgan fingerprint density at radius 1 is 1.21 bits per heavy atom. The lowest BCUT2D eigenvalue weighted by molar-refractivity contribution is 0.0757. The van der Waals surface area contributed by atoms with Gasteiger partial charge in [0.25, 0.3) is 6.43 Å². The van der Waals surface area contributed by atoms with Gasteiger partial charge in [0.1, 0.15) is 0 Å². The molecule has 0 bridgehead atoms. The Kier molecular flexibility index (Phi) is 17.5. The van der Waals surface area contributed by atoms with Crippen LogP contribution in [0.3, 0.4) is 0 Å². The van der Waals surface area contributed by atoms with Gasteiger partial charge in [0.05, 0.1) is 11.2 Å². The lowest BCUT2D eigenvalue weighted by Gasteiger charge is -2.30. The summed E-state index contributed by atoms with van der Waals surface area (Å²) in [5, 5.41) is 0.912. The van der Waals surface area contributed by atoms with Crippen LogP contribution in [0.2, 0.25) is 0 Å². The van der Waals surface area contributed by atoms with E-state index < -0.39 is 13.0 Å². The highest BCUT2D eigenvalue weighted by Crippen LogP contribution is 2.27. The first-order chi connectivity index (χ1) is 19.0. The largest absolute Gasteiger partial charge is 0.475 e. The van der Waals surface area contributed by atoms with Gasteiger partial charge in [-0.2, -0.15) is 0 Å². The Balaban J connectivity index is 0.000000397. The summed E-state index contributed by atoms with van der Waals surface area (Å²) in [6.45, 7) is 12.2. The molecule has 0 unspecified atom stereocenters. The second-order valence-corrected chi connectivity index (χ2v) is 9.41. The predicted octanol–water partition coefficient (Wildman–Crippen LogP) is 7.06. The molecule has 216 valence electrons. The predicted molar refractivity (Wildman–Crippen MR) is 159 cm³/mol. The summed E-state index contributed by atoms with van der Waals surface area (Å²) in [6, 6.07) is 9.24. The minimum atomic E-state index is -2.45. The fourth-order valence-electron chi connectivity index (χ4n) is 4.69. The van der Waals surface area contributed by atoms with Crippen molar-refractivity contribution in [3.05, 3.63) is 66.5 Å². The van der Waals surface area contributed by atoms with Gasteiger partial charge in [-0.1, -0.05) is 50.3 Å². The maximum absolute atomic E-state index is 12.2. The van der Waals surface area contributed by atoms with Gasteiger partial charge < -0.3 is 10.5 Å². The average molecular weight is 545 g/mol. The Morgan fingerprint density at radius 2 is 1.92 bits per heavy atom. The molecule has 39 heavy (non-hydrogen) atoms. The standard InChI is InChI=1S/C18H30F2N2O.C10H7NO.C2H4.CH5N/c1-14-8-10-22(11-9-16-6-4-3-5-7-16)12-17(14)21-15(2)23-13-18(19)20;12-7-8-3-1-5-10-9(8)4-2-6-11-10;2*1-2/h16,18H,3-13H2,1-2H3;1-7H;1-2H2;2H2,1H3. The molecule has 0 radical (unpaired) electrons. The van der Waals surface area contributed by atoms with Crippen LogP contribution in [-0.2, 0) is 4.74 Å². The zero-order valence-corrected chi connectivity index (χ0v) is 23.9. The first kappa shape index (κ1) is 34.1. The summed E-state index contributed by atoms with van der Waals surface area (Å²) in [7, 11) is 1.50. The van der Waals surface area contributed by atoms with Crippen molar-refractivity contribution in [1.82, 2.24) is 9.88 Å². The number of rotatable bonds is 7. The van der Waals surface area contributed by atoms with Crippen LogP contribution < -0.4 is 5.73 Å². The number of halogens is 2. The minimum absolute atomic E-state index is 0.341. The molecule has 0 atom stereocenters.